The highest BCUT2D eigenvalue weighted by Crippen LogP contribution is 2.31. The number of amides is 1. The molecule has 4 heterocycles. The minimum absolute atomic E-state index is 0.0692. The van der Waals surface area contributed by atoms with Gasteiger partial charge in [-0.05, 0) is 43.8 Å². The van der Waals surface area contributed by atoms with E-state index >= 15 is 0 Å². The van der Waals surface area contributed by atoms with E-state index in [9.17, 15) is 4.79 Å². The molecule has 6 heteroatoms. The van der Waals surface area contributed by atoms with Crippen LogP contribution in [0.25, 0.3) is 0 Å². The Balaban J connectivity index is 1.36. The normalized spacial score (nSPS) is 31.2. The molecule has 6 nitrogen and oxygen atoms in total. The van der Waals surface area contributed by atoms with Gasteiger partial charge in [-0.3, -0.25) is 9.48 Å². The number of carbonyl (C=O) groups is 1. The van der Waals surface area contributed by atoms with Gasteiger partial charge in [-0.15, -0.1) is 0 Å². The summed E-state index contributed by atoms with van der Waals surface area (Å²) in [5.74, 6) is 1.35. The molecule has 3 saturated heterocycles. The SMILES string of the molecule is Cn1cc([C@H]2CNC[C@@H]2C(=O)N2CCC(CN3CCCC3)C2)cn1. The number of nitrogens with one attached hydrogen (secondary N) is 1. The Morgan fingerprint density at radius 2 is 2.12 bits per heavy atom. The number of hydrogen-bond acceptors (Lipinski definition) is 4. The van der Waals surface area contributed by atoms with Gasteiger partial charge in [0, 0.05) is 51.9 Å². The van der Waals surface area contributed by atoms with Gasteiger partial charge in [-0.2, -0.15) is 5.10 Å². The molecule has 0 bridgehead atoms. The van der Waals surface area contributed by atoms with Crippen LogP contribution >= 0.6 is 0 Å². The Bertz CT molecular complexity index is 580. The first-order valence-corrected chi connectivity index (χ1v) is 9.41. The molecule has 0 aromatic carbocycles. The van der Waals surface area contributed by atoms with Crippen molar-refractivity contribution in [1.29, 1.82) is 0 Å². The zero-order chi connectivity index (χ0) is 16.5. The molecule has 1 aromatic rings. The molecule has 0 radical (unpaired) electrons. The lowest BCUT2D eigenvalue weighted by Gasteiger charge is -2.25. The third kappa shape index (κ3) is 3.22. The lowest BCUT2D eigenvalue weighted by molar-refractivity contribution is -0.134. The standard InChI is InChI=1S/C18H29N5O/c1-21-13-15(8-20-21)16-9-19-10-17(16)18(24)23-7-4-14(12-23)11-22-5-2-3-6-22/h8,13-14,16-17,19H,2-7,9-12H2,1H3/t14?,16-,17+/m1/s1. The highest BCUT2D eigenvalue weighted by molar-refractivity contribution is 5.81. The summed E-state index contributed by atoms with van der Waals surface area (Å²) in [5, 5.41) is 7.69. The number of likely N-dealkylation sites (tertiary alicyclic amines) is 2. The first-order valence-electron chi connectivity index (χ1n) is 9.41. The Kier molecular flexibility index (Phi) is 4.59. The van der Waals surface area contributed by atoms with Crippen molar-refractivity contribution in [2.24, 2.45) is 18.9 Å². The topological polar surface area (TPSA) is 53.4 Å². The van der Waals surface area contributed by atoms with Crippen molar-refractivity contribution in [3.05, 3.63) is 18.0 Å². The van der Waals surface area contributed by atoms with Gasteiger partial charge in [0.05, 0.1) is 12.1 Å². The molecular formula is C18H29N5O. The summed E-state index contributed by atoms with van der Waals surface area (Å²) in [6.07, 6.45) is 7.82. The molecule has 1 unspecified atom stereocenters. The molecule has 3 aliphatic heterocycles. The van der Waals surface area contributed by atoms with Crippen molar-refractivity contribution in [1.82, 2.24) is 24.9 Å². The number of rotatable bonds is 4. The van der Waals surface area contributed by atoms with Crippen molar-refractivity contribution < 1.29 is 4.79 Å². The third-order valence-electron chi connectivity index (χ3n) is 6.00. The fourth-order valence-corrected chi connectivity index (χ4v) is 4.67. The predicted octanol–water partition coefficient (Wildman–Crippen LogP) is 0.667. The second-order valence-electron chi connectivity index (χ2n) is 7.77. The second-order valence-corrected chi connectivity index (χ2v) is 7.77. The number of hydrogen-bond donors (Lipinski definition) is 1. The van der Waals surface area contributed by atoms with E-state index in [4.69, 9.17) is 0 Å². The van der Waals surface area contributed by atoms with Crippen molar-refractivity contribution in [3.8, 4) is 0 Å². The molecule has 132 valence electrons. The minimum atomic E-state index is 0.0692. The third-order valence-corrected chi connectivity index (χ3v) is 6.00. The van der Waals surface area contributed by atoms with Gasteiger partial charge in [0.2, 0.25) is 5.91 Å². The van der Waals surface area contributed by atoms with Gasteiger partial charge in [0.15, 0.2) is 0 Å². The van der Waals surface area contributed by atoms with Crippen LogP contribution in [0.4, 0.5) is 0 Å². The highest BCUT2D eigenvalue weighted by Gasteiger charge is 2.39. The molecular weight excluding hydrogens is 302 g/mol. The van der Waals surface area contributed by atoms with E-state index in [0.717, 1.165) is 26.2 Å². The van der Waals surface area contributed by atoms with Crippen LogP contribution < -0.4 is 5.32 Å². The van der Waals surface area contributed by atoms with Crippen LogP contribution in [0.3, 0.4) is 0 Å². The zero-order valence-corrected chi connectivity index (χ0v) is 14.7. The van der Waals surface area contributed by atoms with E-state index < -0.39 is 0 Å². The lowest BCUT2D eigenvalue weighted by Crippen LogP contribution is -2.38. The average Bonchev–Trinajstić information content (AvgIpc) is 3.34. The fourth-order valence-electron chi connectivity index (χ4n) is 4.67. The number of carbonyl (C=O) groups excluding carboxylic acids is 1. The summed E-state index contributed by atoms with van der Waals surface area (Å²) in [7, 11) is 1.94. The van der Waals surface area contributed by atoms with Gasteiger partial charge in [0.25, 0.3) is 0 Å². The van der Waals surface area contributed by atoms with E-state index in [0.29, 0.717) is 11.8 Å². The summed E-state index contributed by atoms with van der Waals surface area (Å²) in [6.45, 7) is 7.25. The summed E-state index contributed by atoms with van der Waals surface area (Å²) in [5.41, 5.74) is 1.19. The van der Waals surface area contributed by atoms with E-state index in [1.54, 1.807) is 0 Å². The maximum atomic E-state index is 13.1. The summed E-state index contributed by atoms with van der Waals surface area (Å²) >= 11 is 0. The first-order chi connectivity index (χ1) is 11.7. The molecule has 0 saturated carbocycles. The van der Waals surface area contributed by atoms with Crippen molar-refractivity contribution in [2.75, 3.05) is 45.8 Å². The Morgan fingerprint density at radius 1 is 1.29 bits per heavy atom. The van der Waals surface area contributed by atoms with Gasteiger partial charge in [-0.1, -0.05) is 0 Å². The Hall–Kier alpha value is -1.40. The van der Waals surface area contributed by atoms with Crippen LogP contribution in [0.15, 0.2) is 12.4 Å². The van der Waals surface area contributed by atoms with Crippen LogP contribution in [0.5, 0.6) is 0 Å². The molecule has 0 aliphatic carbocycles. The first kappa shape index (κ1) is 16.1. The Morgan fingerprint density at radius 3 is 2.88 bits per heavy atom. The van der Waals surface area contributed by atoms with Crippen molar-refractivity contribution >= 4 is 5.91 Å². The Labute approximate surface area is 144 Å². The quantitative estimate of drug-likeness (QED) is 0.881. The highest BCUT2D eigenvalue weighted by atomic mass is 16.2. The number of aryl methyl sites for hydroxylation is 1. The molecule has 1 amide bonds. The summed E-state index contributed by atoms with van der Waals surface area (Å²) in [6, 6.07) is 0. The van der Waals surface area contributed by atoms with Crippen molar-refractivity contribution in [2.45, 2.75) is 25.2 Å². The molecule has 24 heavy (non-hydrogen) atoms. The van der Waals surface area contributed by atoms with Gasteiger partial charge >= 0.3 is 0 Å². The van der Waals surface area contributed by atoms with Crippen LogP contribution in [0.2, 0.25) is 0 Å². The smallest absolute Gasteiger partial charge is 0.227 e. The maximum Gasteiger partial charge on any atom is 0.227 e. The van der Waals surface area contributed by atoms with Crippen molar-refractivity contribution in [3.63, 3.8) is 0 Å². The van der Waals surface area contributed by atoms with Crippen LogP contribution in [0.1, 0.15) is 30.7 Å². The van der Waals surface area contributed by atoms with Crippen LogP contribution in [-0.4, -0.2) is 71.3 Å². The lowest BCUT2D eigenvalue weighted by atomic mass is 9.90. The van der Waals surface area contributed by atoms with E-state index in [-0.39, 0.29) is 11.8 Å². The van der Waals surface area contributed by atoms with Gasteiger partial charge in [-0.25, -0.2) is 0 Å². The summed E-state index contributed by atoms with van der Waals surface area (Å²) in [4.78, 5) is 17.8. The molecule has 3 atom stereocenters. The van der Waals surface area contributed by atoms with E-state index in [1.165, 1.54) is 44.5 Å². The predicted molar refractivity (Wildman–Crippen MR) is 92.7 cm³/mol. The molecule has 3 aliphatic rings. The molecule has 0 spiro atoms. The number of aromatic nitrogens is 2. The summed E-state index contributed by atoms with van der Waals surface area (Å²) < 4.78 is 1.83. The van der Waals surface area contributed by atoms with Crippen LogP contribution in [-0.2, 0) is 11.8 Å². The largest absolute Gasteiger partial charge is 0.342 e. The maximum absolute atomic E-state index is 13.1. The van der Waals surface area contributed by atoms with Gasteiger partial charge in [0.1, 0.15) is 0 Å². The van der Waals surface area contributed by atoms with Gasteiger partial charge < -0.3 is 15.1 Å². The zero-order valence-electron chi connectivity index (χ0n) is 14.7. The molecule has 1 aromatic heterocycles. The molecule has 4 rings (SSSR count). The average molecular weight is 331 g/mol. The van der Waals surface area contributed by atoms with E-state index in [2.05, 4.69) is 26.4 Å². The monoisotopic (exact) mass is 331 g/mol. The van der Waals surface area contributed by atoms with Crippen LogP contribution in [0, 0.1) is 11.8 Å². The second kappa shape index (κ2) is 6.84. The molecule has 1 N–H and O–H groups in total. The minimum Gasteiger partial charge on any atom is -0.342 e. The number of nitrogens with zero attached hydrogens (tertiary/aromatic N) is 4. The fraction of sp³-hybridized carbons (Fsp3) is 0.778. The molecule has 3 fully saturated rings. The van der Waals surface area contributed by atoms with E-state index in [1.807, 2.05) is 17.9 Å².